The zero-order valence-corrected chi connectivity index (χ0v) is 12.2. The Hall–Kier alpha value is -1.45. The highest BCUT2D eigenvalue weighted by molar-refractivity contribution is 6.29. The van der Waals surface area contributed by atoms with Gasteiger partial charge in [-0.05, 0) is 55.1 Å². The number of benzene rings is 1. The normalized spacial score (nSPS) is 19.2. The van der Waals surface area contributed by atoms with E-state index in [4.69, 9.17) is 20.8 Å². The van der Waals surface area contributed by atoms with Gasteiger partial charge in [-0.25, -0.2) is 0 Å². The summed E-state index contributed by atoms with van der Waals surface area (Å²) in [6.45, 7) is 0.775. The maximum Gasteiger partial charge on any atom is 0.197 e. The van der Waals surface area contributed by atoms with Crippen LogP contribution >= 0.6 is 11.6 Å². The first-order chi connectivity index (χ1) is 9.79. The smallest absolute Gasteiger partial charge is 0.197 e. The number of fused-ring (bicyclic) bond motifs is 1. The van der Waals surface area contributed by atoms with Gasteiger partial charge in [-0.1, -0.05) is 18.2 Å². The van der Waals surface area contributed by atoms with E-state index < -0.39 is 0 Å². The molecule has 0 saturated heterocycles. The van der Waals surface area contributed by atoms with Crippen LogP contribution in [0.3, 0.4) is 0 Å². The third-order valence-corrected chi connectivity index (χ3v) is 4.28. The van der Waals surface area contributed by atoms with Crippen molar-refractivity contribution in [2.45, 2.75) is 24.8 Å². The first kappa shape index (κ1) is 13.5. The quantitative estimate of drug-likeness (QED) is 0.919. The predicted molar refractivity (Wildman–Crippen MR) is 79.4 cm³/mol. The molecular formula is C16H18ClNO2. The molecule has 1 aliphatic heterocycles. The second-order valence-electron chi connectivity index (χ2n) is 5.10. The fourth-order valence-corrected chi connectivity index (χ4v) is 3.15. The maximum atomic E-state index is 6.10. The summed E-state index contributed by atoms with van der Waals surface area (Å²) in [7, 11) is 1.96. The zero-order valence-electron chi connectivity index (χ0n) is 11.4. The molecule has 1 N–H and O–H groups in total. The van der Waals surface area contributed by atoms with Crippen LogP contribution in [-0.4, -0.2) is 13.7 Å². The molecule has 0 saturated carbocycles. The average molecular weight is 292 g/mol. The van der Waals surface area contributed by atoms with Crippen LogP contribution in [0.4, 0.5) is 0 Å². The first-order valence-corrected chi connectivity index (χ1v) is 7.29. The molecule has 0 amide bonds. The van der Waals surface area contributed by atoms with Gasteiger partial charge in [-0.15, -0.1) is 0 Å². The summed E-state index contributed by atoms with van der Waals surface area (Å²) < 4.78 is 10.9. The largest absolute Gasteiger partial charge is 0.493 e. The van der Waals surface area contributed by atoms with E-state index in [-0.39, 0.29) is 6.04 Å². The molecule has 0 aliphatic carbocycles. The van der Waals surface area contributed by atoms with Gasteiger partial charge in [0.05, 0.1) is 12.9 Å². The Morgan fingerprint density at radius 2 is 2.20 bits per heavy atom. The predicted octanol–water partition coefficient (Wildman–Crippen LogP) is 4.15. The van der Waals surface area contributed by atoms with E-state index >= 15 is 0 Å². The topological polar surface area (TPSA) is 34.4 Å². The Kier molecular flexibility index (Phi) is 3.99. The van der Waals surface area contributed by atoms with Crippen LogP contribution in [0.25, 0.3) is 0 Å². The molecule has 1 aromatic heterocycles. The number of halogens is 1. The van der Waals surface area contributed by atoms with E-state index in [2.05, 4.69) is 17.4 Å². The minimum Gasteiger partial charge on any atom is -0.493 e. The summed E-state index contributed by atoms with van der Waals surface area (Å²) in [5, 5.41) is 3.81. The van der Waals surface area contributed by atoms with Crippen molar-refractivity contribution in [2.24, 2.45) is 0 Å². The van der Waals surface area contributed by atoms with Gasteiger partial charge in [-0.3, -0.25) is 0 Å². The zero-order chi connectivity index (χ0) is 13.9. The van der Waals surface area contributed by atoms with Crippen LogP contribution in [0.15, 0.2) is 41.0 Å². The molecule has 0 spiro atoms. The number of hydrogen-bond donors (Lipinski definition) is 1. The van der Waals surface area contributed by atoms with Gasteiger partial charge < -0.3 is 14.5 Å². The molecule has 0 fully saturated rings. The highest BCUT2D eigenvalue weighted by Crippen LogP contribution is 2.39. The lowest BCUT2D eigenvalue weighted by Gasteiger charge is -2.28. The average Bonchev–Trinajstić information content (AvgIpc) is 2.91. The van der Waals surface area contributed by atoms with E-state index in [1.165, 1.54) is 5.56 Å². The highest BCUT2D eigenvalue weighted by atomic mass is 35.5. The van der Waals surface area contributed by atoms with Crippen LogP contribution in [0.2, 0.25) is 5.22 Å². The van der Waals surface area contributed by atoms with Crippen molar-refractivity contribution in [3.05, 3.63) is 52.9 Å². The molecule has 1 aromatic carbocycles. The Balaban J connectivity index is 1.82. The Labute approximate surface area is 123 Å². The van der Waals surface area contributed by atoms with Crippen molar-refractivity contribution >= 4 is 11.6 Å². The molecule has 20 heavy (non-hydrogen) atoms. The molecule has 106 valence electrons. The van der Waals surface area contributed by atoms with Crippen LogP contribution in [0.1, 0.15) is 35.9 Å². The van der Waals surface area contributed by atoms with Crippen molar-refractivity contribution in [2.75, 3.05) is 13.7 Å². The van der Waals surface area contributed by atoms with Crippen LogP contribution < -0.4 is 10.1 Å². The van der Waals surface area contributed by atoms with Crippen molar-refractivity contribution in [1.29, 1.82) is 0 Å². The fraction of sp³-hybridized carbons (Fsp3) is 0.375. The first-order valence-electron chi connectivity index (χ1n) is 6.91. The van der Waals surface area contributed by atoms with E-state index in [1.807, 2.05) is 25.2 Å². The lowest BCUT2D eigenvalue weighted by molar-refractivity contribution is 0.256. The summed E-state index contributed by atoms with van der Waals surface area (Å²) in [4.78, 5) is 0. The van der Waals surface area contributed by atoms with Gasteiger partial charge >= 0.3 is 0 Å². The monoisotopic (exact) mass is 291 g/mol. The van der Waals surface area contributed by atoms with Gasteiger partial charge in [0.15, 0.2) is 5.22 Å². The molecule has 1 aliphatic rings. The second-order valence-corrected chi connectivity index (χ2v) is 5.44. The van der Waals surface area contributed by atoms with E-state index in [0.717, 1.165) is 30.8 Å². The molecule has 0 radical (unpaired) electrons. The molecule has 2 aromatic rings. The van der Waals surface area contributed by atoms with E-state index in [0.29, 0.717) is 11.1 Å². The lowest BCUT2D eigenvalue weighted by Crippen LogP contribution is -2.22. The SMILES string of the molecule is CNC(CC1CCOc2ccccc21)c1ccoc1Cl. The van der Waals surface area contributed by atoms with E-state index in [9.17, 15) is 0 Å². The Morgan fingerprint density at radius 3 is 2.95 bits per heavy atom. The van der Waals surface area contributed by atoms with Gasteiger partial charge in [-0.2, -0.15) is 0 Å². The maximum absolute atomic E-state index is 6.10. The minimum absolute atomic E-state index is 0.192. The molecule has 2 heterocycles. The lowest BCUT2D eigenvalue weighted by atomic mass is 9.86. The number of ether oxygens (including phenoxy) is 1. The fourth-order valence-electron chi connectivity index (χ4n) is 2.90. The standard InChI is InChI=1S/C16H18ClNO2/c1-18-14(13-7-9-20-16(13)17)10-11-6-8-19-15-5-3-2-4-12(11)15/h2-5,7,9,11,14,18H,6,8,10H2,1H3. The van der Waals surface area contributed by atoms with Crippen molar-refractivity contribution in [1.82, 2.24) is 5.32 Å². The van der Waals surface area contributed by atoms with Crippen LogP contribution in [0, 0.1) is 0 Å². The summed E-state index contributed by atoms with van der Waals surface area (Å²) in [5.74, 6) is 1.49. The van der Waals surface area contributed by atoms with Gasteiger partial charge in [0.1, 0.15) is 5.75 Å². The number of hydrogen-bond acceptors (Lipinski definition) is 3. The molecule has 3 nitrogen and oxygen atoms in total. The van der Waals surface area contributed by atoms with Crippen LogP contribution in [0.5, 0.6) is 5.75 Å². The number of para-hydroxylation sites is 1. The molecule has 4 heteroatoms. The summed E-state index contributed by atoms with van der Waals surface area (Å²) in [5.41, 5.74) is 2.32. The van der Waals surface area contributed by atoms with Crippen molar-refractivity contribution < 1.29 is 9.15 Å². The second kappa shape index (κ2) is 5.90. The minimum atomic E-state index is 0.192. The summed E-state index contributed by atoms with van der Waals surface area (Å²) in [6, 6.07) is 10.4. The van der Waals surface area contributed by atoms with Crippen molar-refractivity contribution in [3.8, 4) is 5.75 Å². The van der Waals surface area contributed by atoms with Gasteiger partial charge in [0, 0.05) is 11.6 Å². The third kappa shape index (κ3) is 2.56. The Bertz CT molecular complexity index is 581. The summed E-state index contributed by atoms with van der Waals surface area (Å²) >= 11 is 6.10. The molecule has 2 atom stereocenters. The third-order valence-electron chi connectivity index (χ3n) is 3.97. The van der Waals surface area contributed by atoms with E-state index in [1.54, 1.807) is 6.26 Å². The summed E-state index contributed by atoms with van der Waals surface area (Å²) in [6.07, 6.45) is 3.65. The molecule has 0 bridgehead atoms. The van der Waals surface area contributed by atoms with Gasteiger partial charge in [0.2, 0.25) is 0 Å². The van der Waals surface area contributed by atoms with Crippen LogP contribution in [-0.2, 0) is 0 Å². The number of furan rings is 1. The number of nitrogens with one attached hydrogen (secondary N) is 1. The van der Waals surface area contributed by atoms with Crippen molar-refractivity contribution in [3.63, 3.8) is 0 Å². The number of rotatable bonds is 4. The molecule has 2 unspecified atom stereocenters. The Morgan fingerprint density at radius 1 is 1.35 bits per heavy atom. The molecular weight excluding hydrogens is 274 g/mol. The molecule has 3 rings (SSSR count). The van der Waals surface area contributed by atoms with Gasteiger partial charge in [0.25, 0.3) is 0 Å². The highest BCUT2D eigenvalue weighted by Gasteiger charge is 2.26.